The van der Waals surface area contributed by atoms with Crippen LogP contribution < -0.4 is 5.73 Å². The molecule has 0 saturated heterocycles. The van der Waals surface area contributed by atoms with Gasteiger partial charge >= 0.3 is 0 Å². The third-order valence-corrected chi connectivity index (χ3v) is 4.45. The van der Waals surface area contributed by atoms with Crippen LogP contribution in [0.3, 0.4) is 0 Å². The van der Waals surface area contributed by atoms with Crippen LogP contribution in [0.2, 0.25) is 0 Å². The van der Waals surface area contributed by atoms with Crippen molar-refractivity contribution in [2.75, 3.05) is 7.05 Å². The Morgan fingerprint density at radius 1 is 1.35 bits per heavy atom. The van der Waals surface area contributed by atoms with Crippen molar-refractivity contribution in [2.24, 2.45) is 10.9 Å². The number of benzene rings is 1. The summed E-state index contributed by atoms with van der Waals surface area (Å²) >= 11 is 1.78. The molecule has 3 N–H and O–H groups in total. The lowest BCUT2D eigenvalue weighted by molar-refractivity contribution is 0.256. The summed E-state index contributed by atoms with van der Waals surface area (Å²) in [6.45, 7) is 3.06. The van der Waals surface area contributed by atoms with Crippen LogP contribution in [0.5, 0.6) is 0 Å². The molecule has 2 aromatic rings. The summed E-state index contributed by atoms with van der Waals surface area (Å²) in [6, 6.07) is 12.4. The number of hydrogen-bond donors (Lipinski definition) is 2. The third kappa shape index (κ3) is 3.37. The molecular formula is C15H19N3OS. The van der Waals surface area contributed by atoms with Crippen molar-refractivity contribution in [3.8, 4) is 0 Å². The molecule has 1 aromatic carbocycles. The summed E-state index contributed by atoms with van der Waals surface area (Å²) < 4.78 is 0. The van der Waals surface area contributed by atoms with Gasteiger partial charge in [0.05, 0.1) is 0 Å². The highest BCUT2D eigenvalue weighted by atomic mass is 32.1. The predicted octanol–water partition coefficient (Wildman–Crippen LogP) is 3.04. The number of amidine groups is 1. The van der Waals surface area contributed by atoms with Crippen LogP contribution in [0.15, 0.2) is 46.9 Å². The SMILES string of the molecule is CC(c1cccs1)N(C)Cc1ccc(C(N)=NO)cc1. The molecule has 1 atom stereocenters. The molecule has 0 spiro atoms. The number of rotatable bonds is 5. The summed E-state index contributed by atoms with van der Waals surface area (Å²) in [5.41, 5.74) is 7.48. The molecule has 1 unspecified atom stereocenters. The van der Waals surface area contributed by atoms with E-state index in [2.05, 4.69) is 41.5 Å². The van der Waals surface area contributed by atoms with Crippen LogP contribution in [-0.4, -0.2) is 23.0 Å². The van der Waals surface area contributed by atoms with Crippen molar-refractivity contribution in [3.05, 3.63) is 57.8 Å². The third-order valence-electron chi connectivity index (χ3n) is 3.41. The van der Waals surface area contributed by atoms with Gasteiger partial charge in [-0.3, -0.25) is 4.90 Å². The highest BCUT2D eigenvalue weighted by Crippen LogP contribution is 2.24. The molecule has 0 fully saturated rings. The first-order chi connectivity index (χ1) is 9.61. The van der Waals surface area contributed by atoms with Crippen LogP contribution >= 0.6 is 11.3 Å². The zero-order valence-corrected chi connectivity index (χ0v) is 12.5. The van der Waals surface area contributed by atoms with Crippen molar-refractivity contribution in [3.63, 3.8) is 0 Å². The van der Waals surface area contributed by atoms with E-state index in [4.69, 9.17) is 10.9 Å². The quantitative estimate of drug-likeness (QED) is 0.385. The minimum absolute atomic E-state index is 0.136. The largest absolute Gasteiger partial charge is 0.409 e. The van der Waals surface area contributed by atoms with E-state index in [1.54, 1.807) is 11.3 Å². The smallest absolute Gasteiger partial charge is 0.170 e. The monoisotopic (exact) mass is 289 g/mol. The minimum atomic E-state index is 0.136. The number of nitrogens with zero attached hydrogens (tertiary/aromatic N) is 2. The number of nitrogens with two attached hydrogens (primary N) is 1. The Morgan fingerprint density at radius 3 is 2.60 bits per heavy atom. The molecule has 4 nitrogen and oxygen atoms in total. The Hall–Kier alpha value is -1.85. The van der Waals surface area contributed by atoms with Crippen molar-refractivity contribution in [2.45, 2.75) is 19.5 Å². The van der Waals surface area contributed by atoms with Crippen molar-refractivity contribution in [1.29, 1.82) is 0 Å². The Kier molecular flexibility index (Phi) is 4.76. The second-order valence-electron chi connectivity index (χ2n) is 4.79. The topological polar surface area (TPSA) is 61.8 Å². The fourth-order valence-corrected chi connectivity index (χ4v) is 2.86. The Bertz CT molecular complexity index is 563. The average molecular weight is 289 g/mol. The lowest BCUT2D eigenvalue weighted by Crippen LogP contribution is -2.21. The van der Waals surface area contributed by atoms with Gasteiger partial charge in [0.1, 0.15) is 0 Å². The maximum absolute atomic E-state index is 8.64. The molecule has 0 radical (unpaired) electrons. The molecule has 20 heavy (non-hydrogen) atoms. The second-order valence-corrected chi connectivity index (χ2v) is 5.77. The molecule has 0 aliphatic heterocycles. The molecule has 0 aliphatic rings. The standard InChI is InChI=1S/C15H19N3OS/c1-11(14-4-3-9-20-14)18(2)10-12-5-7-13(8-6-12)15(16)17-19/h3-9,11,19H,10H2,1-2H3,(H2,16,17). The van der Waals surface area contributed by atoms with E-state index in [9.17, 15) is 0 Å². The van der Waals surface area contributed by atoms with E-state index < -0.39 is 0 Å². The summed E-state index contributed by atoms with van der Waals surface area (Å²) in [4.78, 5) is 3.66. The highest BCUT2D eigenvalue weighted by molar-refractivity contribution is 7.10. The minimum Gasteiger partial charge on any atom is -0.409 e. The highest BCUT2D eigenvalue weighted by Gasteiger charge is 2.12. The van der Waals surface area contributed by atoms with Gasteiger partial charge in [-0.15, -0.1) is 11.3 Å². The normalized spacial score (nSPS) is 13.7. The molecule has 2 rings (SSSR count). The first kappa shape index (κ1) is 14.6. The van der Waals surface area contributed by atoms with Crippen LogP contribution in [0.1, 0.15) is 29.0 Å². The summed E-state index contributed by atoms with van der Waals surface area (Å²) in [5, 5.41) is 13.7. The molecule has 106 valence electrons. The van der Waals surface area contributed by atoms with E-state index >= 15 is 0 Å². The molecule has 1 aromatic heterocycles. The molecule has 0 aliphatic carbocycles. The van der Waals surface area contributed by atoms with Gasteiger partial charge in [0.15, 0.2) is 5.84 Å². The summed E-state index contributed by atoms with van der Waals surface area (Å²) in [5.74, 6) is 0.136. The number of hydrogen-bond acceptors (Lipinski definition) is 4. The van der Waals surface area contributed by atoms with E-state index in [1.807, 2.05) is 24.3 Å². The van der Waals surface area contributed by atoms with E-state index in [-0.39, 0.29) is 5.84 Å². The molecular weight excluding hydrogens is 270 g/mol. The zero-order valence-electron chi connectivity index (χ0n) is 11.7. The Morgan fingerprint density at radius 2 is 2.05 bits per heavy atom. The van der Waals surface area contributed by atoms with E-state index in [0.717, 1.165) is 12.1 Å². The van der Waals surface area contributed by atoms with Gasteiger partial charge in [-0.2, -0.15) is 0 Å². The fraction of sp³-hybridized carbons (Fsp3) is 0.267. The lowest BCUT2D eigenvalue weighted by Gasteiger charge is -2.23. The van der Waals surface area contributed by atoms with Gasteiger partial charge in [0.2, 0.25) is 0 Å². The van der Waals surface area contributed by atoms with Crippen LogP contribution in [-0.2, 0) is 6.54 Å². The maximum atomic E-state index is 8.64. The van der Waals surface area contributed by atoms with Crippen LogP contribution in [0.25, 0.3) is 0 Å². The first-order valence-electron chi connectivity index (χ1n) is 6.42. The first-order valence-corrected chi connectivity index (χ1v) is 7.30. The van der Waals surface area contributed by atoms with Gasteiger partial charge in [-0.25, -0.2) is 0 Å². The lowest BCUT2D eigenvalue weighted by atomic mass is 10.1. The molecule has 0 saturated carbocycles. The zero-order chi connectivity index (χ0) is 14.5. The van der Waals surface area contributed by atoms with E-state index in [0.29, 0.717) is 6.04 Å². The average Bonchev–Trinajstić information content (AvgIpc) is 3.00. The van der Waals surface area contributed by atoms with Crippen LogP contribution in [0.4, 0.5) is 0 Å². The van der Waals surface area contributed by atoms with Gasteiger partial charge in [-0.05, 0) is 31.0 Å². The van der Waals surface area contributed by atoms with E-state index in [1.165, 1.54) is 10.4 Å². The van der Waals surface area contributed by atoms with Gasteiger partial charge < -0.3 is 10.9 Å². The maximum Gasteiger partial charge on any atom is 0.170 e. The van der Waals surface area contributed by atoms with Gasteiger partial charge in [-0.1, -0.05) is 35.5 Å². The van der Waals surface area contributed by atoms with Crippen molar-refractivity contribution in [1.82, 2.24) is 4.90 Å². The molecule has 5 heteroatoms. The molecule has 1 heterocycles. The Balaban J connectivity index is 2.03. The molecule has 0 bridgehead atoms. The fourth-order valence-electron chi connectivity index (χ4n) is 2.01. The Labute approximate surface area is 123 Å². The number of thiophene rings is 1. The van der Waals surface area contributed by atoms with Crippen molar-refractivity contribution < 1.29 is 5.21 Å². The van der Waals surface area contributed by atoms with Crippen molar-refractivity contribution >= 4 is 17.2 Å². The summed E-state index contributed by atoms with van der Waals surface area (Å²) in [7, 11) is 2.11. The summed E-state index contributed by atoms with van der Waals surface area (Å²) in [6.07, 6.45) is 0. The molecule has 0 amide bonds. The van der Waals surface area contributed by atoms with Gasteiger partial charge in [0, 0.05) is 23.0 Å². The number of oxime groups is 1. The second kappa shape index (κ2) is 6.54. The predicted molar refractivity (Wildman–Crippen MR) is 83.2 cm³/mol. The van der Waals surface area contributed by atoms with Gasteiger partial charge in [0.25, 0.3) is 0 Å². The van der Waals surface area contributed by atoms with Crippen LogP contribution in [0, 0.1) is 0 Å².